The van der Waals surface area contributed by atoms with Crippen LogP contribution in [0.1, 0.15) is 194 Å². The second-order valence-electron chi connectivity index (χ2n) is 34.9. The van der Waals surface area contributed by atoms with Crippen molar-refractivity contribution in [3.63, 3.8) is 0 Å². The number of ketones is 5. The van der Waals surface area contributed by atoms with Crippen LogP contribution >= 0.6 is 21.6 Å². The Morgan fingerprint density at radius 1 is 0.413 bits per heavy atom. The van der Waals surface area contributed by atoms with Crippen molar-refractivity contribution < 1.29 is 81.2 Å². The molecule has 0 heterocycles. The first kappa shape index (κ1) is 103. The van der Waals surface area contributed by atoms with E-state index in [-0.39, 0.29) is 81.2 Å². The first-order valence-corrected chi connectivity index (χ1v) is 46.3. The van der Waals surface area contributed by atoms with Gasteiger partial charge in [0.25, 0.3) is 0 Å². The summed E-state index contributed by atoms with van der Waals surface area (Å²) in [7, 11) is 2.98. The summed E-state index contributed by atoms with van der Waals surface area (Å²) >= 11 is 0. The van der Waals surface area contributed by atoms with E-state index in [0.717, 1.165) is 5.75 Å². The molecule has 7 rings (SSSR count). The van der Waals surface area contributed by atoms with Gasteiger partial charge >= 0.3 is 12.1 Å². The maximum absolute atomic E-state index is 16.5. The van der Waals surface area contributed by atoms with Gasteiger partial charge in [-0.1, -0.05) is 289 Å². The van der Waals surface area contributed by atoms with Gasteiger partial charge in [0.2, 0.25) is 29.5 Å². The highest BCUT2D eigenvalue weighted by molar-refractivity contribution is 8.76. The van der Waals surface area contributed by atoms with Gasteiger partial charge in [0.1, 0.15) is 40.8 Å². The van der Waals surface area contributed by atoms with E-state index in [9.17, 15) is 28.8 Å². The van der Waals surface area contributed by atoms with Crippen molar-refractivity contribution in [3.05, 3.63) is 251 Å². The number of Topliss-reactive ketones (excluding diaryl/α,β-unsaturated/α-hetero) is 5. The summed E-state index contributed by atoms with van der Waals surface area (Å²) in [5, 5.41) is 17.5. The Hall–Kier alpha value is -10.4. The monoisotopic (exact) mass is 1760 g/mol. The molecule has 0 saturated heterocycles. The van der Waals surface area contributed by atoms with Crippen molar-refractivity contribution in [1.82, 2.24) is 31.9 Å². The lowest BCUT2D eigenvalue weighted by Gasteiger charge is -2.37. The van der Waals surface area contributed by atoms with Gasteiger partial charge in [0.15, 0.2) is 23.1 Å². The third-order valence-corrected chi connectivity index (χ3v) is 24.0. The van der Waals surface area contributed by atoms with Crippen molar-refractivity contribution in [1.29, 1.82) is 0 Å². The fourth-order valence-corrected chi connectivity index (χ4v) is 16.9. The molecule has 0 aromatic heterocycles. The Bertz CT molecular complexity index is 4420. The normalized spacial score (nSPS) is 14.0. The molecule has 678 valence electrons. The Kier molecular flexibility index (Phi) is 41.9. The topological polar surface area (TPSA) is 323 Å². The molecule has 0 aliphatic rings. The lowest BCUT2D eigenvalue weighted by Crippen LogP contribution is -2.53. The summed E-state index contributed by atoms with van der Waals surface area (Å²) in [6.07, 6.45) is -3.11. The van der Waals surface area contributed by atoms with Crippen molar-refractivity contribution in [2.24, 2.45) is 41.4 Å². The van der Waals surface area contributed by atoms with Crippen LogP contribution in [0.25, 0.3) is 0 Å². The Labute approximate surface area is 752 Å². The first-order valence-electron chi connectivity index (χ1n) is 43.8. The molecule has 126 heavy (non-hydrogen) atoms. The fraction of sp³-hybridized carbons (Fsp3) is 0.465. The SMILES string of the molecule is CCSSC[C@H](NC(=O)OC(C)(C)C)C(=O)NCCOCCOCC(=O)C[C@H](C(=O)N[C@@H](CC(=O)NC(c1ccccc1)(c1ccccc1)c1ccccc1)C(=O)C[C@@H](COC(c1ccccc1)(c1ccccc1)c1ccccc1)C(=O)N[C@@H](CC(=O)OC(C)(C)C)C(=O)C[C@@H](Cc1ccccc1)C(=O)N[C@@H](CC(C)C)C(=O)C[C@@H](CC(C)C)C(C)=O)C(C)CC. The third-order valence-electron chi connectivity index (χ3n) is 21.5. The van der Waals surface area contributed by atoms with Crippen LogP contribution in [0.2, 0.25) is 0 Å². The van der Waals surface area contributed by atoms with Gasteiger partial charge in [-0.05, 0) is 124 Å². The zero-order valence-electron chi connectivity index (χ0n) is 75.5. The molecule has 7 aromatic rings. The number of nitrogens with one attached hydrogen (secondary N) is 6. The van der Waals surface area contributed by atoms with Crippen LogP contribution in [0.5, 0.6) is 0 Å². The number of hydrogen-bond acceptors (Lipinski definition) is 19. The molecule has 6 N–H and O–H groups in total. The fourth-order valence-electron chi connectivity index (χ4n) is 15.1. The van der Waals surface area contributed by atoms with Crippen LogP contribution in [-0.4, -0.2) is 157 Å². The standard InChI is InChI=1S/C101H130N6O17S2/c1-15-70(7)83(62-82(109)66-121-55-54-120-53-52-102-96(118)87(67-126-125-16-2)106-97(119)124-99(12,13)14)95(117)105-85(63-91(113)107-100(76-40-26-18-27-41-76,77-42-28-19-29-43-77)78-44-30-20-31-45-78)90(112)61-75(65-122-101(79-46-32-21-33-47-79,80-48-34-22-35-49-80)81-50-36-23-37-51-81)94(116)104-86(64-92(114)123-98(9,10)11)89(111)60-74(58-72-38-24-17-25-39-72)93(115)103-84(57-69(5)6)88(110)59-73(71(8)108)56-68(3)4/h17-51,68-70,73-75,83-87H,15-16,52-67H2,1-14H3,(H,102,118)(H,103,115)(H,104,116)(H,105,117)(H,106,119)(H,107,113)/t70?,73-,74-,75+,83+,84+,85+,86+,87+/m1/s1. The van der Waals surface area contributed by atoms with Crippen LogP contribution in [0.3, 0.4) is 0 Å². The van der Waals surface area contributed by atoms with E-state index < -0.39 is 174 Å². The zero-order valence-corrected chi connectivity index (χ0v) is 77.2. The second-order valence-corrected chi connectivity index (χ2v) is 37.7. The molecule has 6 amide bonds. The van der Waals surface area contributed by atoms with Crippen LogP contribution in [0.4, 0.5) is 4.79 Å². The molecule has 0 radical (unpaired) electrons. The van der Waals surface area contributed by atoms with E-state index in [1.54, 1.807) is 89.6 Å². The predicted octanol–water partition coefficient (Wildman–Crippen LogP) is 15.4. The number of alkyl carbamates (subject to hydrolysis) is 1. The van der Waals surface area contributed by atoms with Gasteiger partial charge in [-0.25, -0.2) is 4.79 Å². The first-order chi connectivity index (χ1) is 60.0. The molecule has 0 aliphatic heterocycles. The molecule has 7 aromatic carbocycles. The van der Waals surface area contributed by atoms with Crippen molar-refractivity contribution in [2.75, 3.05) is 51.1 Å². The molecule has 0 saturated carbocycles. The summed E-state index contributed by atoms with van der Waals surface area (Å²) < 4.78 is 30.3. The summed E-state index contributed by atoms with van der Waals surface area (Å²) in [5.41, 5.74) is -0.462. The van der Waals surface area contributed by atoms with E-state index in [2.05, 4.69) is 31.9 Å². The molecule has 9 atom stereocenters. The largest absolute Gasteiger partial charge is 0.460 e. The average Bonchev–Trinajstić information content (AvgIpc) is 0.751. The van der Waals surface area contributed by atoms with Crippen LogP contribution < -0.4 is 31.9 Å². The number of rotatable bonds is 54. The van der Waals surface area contributed by atoms with E-state index in [0.29, 0.717) is 51.8 Å². The highest BCUT2D eigenvalue weighted by atomic mass is 33.1. The molecular formula is C101H130N6O17S2. The number of carbonyl (C=O) groups excluding carboxylic acids is 12. The number of esters is 1. The quantitative estimate of drug-likeness (QED) is 0.00893. The number of hydrogen-bond donors (Lipinski definition) is 6. The highest BCUT2D eigenvalue weighted by Gasteiger charge is 2.44. The second kappa shape index (κ2) is 51.4. The summed E-state index contributed by atoms with van der Waals surface area (Å²) in [5.74, 6) is -11.1. The van der Waals surface area contributed by atoms with Crippen LogP contribution in [0, 0.1) is 41.4 Å². The number of carbonyl (C=O) groups is 12. The van der Waals surface area contributed by atoms with Crippen molar-refractivity contribution in [2.45, 2.75) is 208 Å². The molecule has 0 bridgehead atoms. The van der Waals surface area contributed by atoms with Gasteiger partial charge in [-0.3, -0.25) is 52.7 Å². The maximum atomic E-state index is 16.5. The molecular weight excluding hydrogens is 1630 g/mol. The van der Waals surface area contributed by atoms with Gasteiger partial charge in [0, 0.05) is 61.5 Å². The average molecular weight is 1760 g/mol. The van der Waals surface area contributed by atoms with E-state index >= 15 is 28.8 Å². The van der Waals surface area contributed by atoms with Gasteiger partial charge < -0.3 is 55.6 Å². The molecule has 0 fully saturated rings. The molecule has 1 unspecified atom stereocenters. The number of ether oxygens (including phenoxy) is 5. The summed E-state index contributed by atoms with van der Waals surface area (Å²) in [4.78, 5) is 177. The van der Waals surface area contributed by atoms with Gasteiger partial charge in [-0.15, -0.1) is 0 Å². The van der Waals surface area contributed by atoms with Gasteiger partial charge in [0.05, 0.1) is 63.3 Å². The van der Waals surface area contributed by atoms with E-state index in [4.69, 9.17) is 23.7 Å². The highest BCUT2D eigenvalue weighted by Crippen LogP contribution is 2.42. The lowest BCUT2D eigenvalue weighted by atomic mass is 9.76. The summed E-state index contributed by atoms with van der Waals surface area (Å²) in [6, 6.07) is 59.0. The Morgan fingerprint density at radius 3 is 1.31 bits per heavy atom. The molecule has 0 spiro atoms. The molecule has 25 heteroatoms. The van der Waals surface area contributed by atoms with Crippen LogP contribution in [-0.2, 0) is 94.0 Å². The van der Waals surface area contributed by atoms with E-state index in [1.807, 2.05) is 224 Å². The van der Waals surface area contributed by atoms with E-state index in [1.165, 1.54) is 17.7 Å². The minimum atomic E-state index is -1.77. The molecule has 0 aliphatic carbocycles. The molecule has 23 nitrogen and oxygen atoms in total. The Balaban J connectivity index is 1.30. The predicted molar refractivity (Wildman–Crippen MR) is 493 cm³/mol. The van der Waals surface area contributed by atoms with Crippen molar-refractivity contribution in [3.8, 4) is 0 Å². The zero-order chi connectivity index (χ0) is 92.0. The van der Waals surface area contributed by atoms with Crippen LogP contribution in [0.15, 0.2) is 212 Å². The number of benzene rings is 7. The smallest absolute Gasteiger partial charge is 0.408 e. The third kappa shape index (κ3) is 33.1. The minimum absolute atomic E-state index is 0.0190. The minimum Gasteiger partial charge on any atom is -0.460 e. The maximum Gasteiger partial charge on any atom is 0.408 e. The Morgan fingerprint density at radius 2 is 0.841 bits per heavy atom. The van der Waals surface area contributed by atoms with Crippen molar-refractivity contribution >= 4 is 92.1 Å². The number of amides is 6. The summed E-state index contributed by atoms with van der Waals surface area (Å²) in [6.45, 7) is 24.0. The lowest BCUT2D eigenvalue weighted by molar-refractivity contribution is -0.156. The van der Waals surface area contributed by atoms with Gasteiger partial charge in [-0.2, -0.15) is 0 Å².